The molecule has 0 aromatic carbocycles. The van der Waals surface area contributed by atoms with Gasteiger partial charge in [0.25, 0.3) is 0 Å². The first kappa shape index (κ1) is 12.0. The van der Waals surface area contributed by atoms with Crippen LogP contribution in [-0.2, 0) is 4.79 Å². The van der Waals surface area contributed by atoms with Gasteiger partial charge in [0, 0.05) is 18.0 Å². The van der Waals surface area contributed by atoms with Gasteiger partial charge >= 0.3 is 0 Å². The van der Waals surface area contributed by atoms with Gasteiger partial charge in [0.05, 0.1) is 11.7 Å². The summed E-state index contributed by atoms with van der Waals surface area (Å²) in [6.07, 6.45) is 1.71. The summed E-state index contributed by atoms with van der Waals surface area (Å²) in [6.45, 7) is 3.70. The summed E-state index contributed by atoms with van der Waals surface area (Å²) in [6, 6.07) is 5.55. The number of nitrogens with one attached hydrogen (secondary N) is 1. The van der Waals surface area contributed by atoms with Crippen molar-refractivity contribution in [3.8, 4) is 0 Å². The highest BCUT2D eigenvalue weighted by Crippen LogP contribution is 2.09. The van der Waals surface area contributed by atoms with Gasteiger partial charge in [-0.25, -0.2) is 0 Å². The Morgan fingerprint density at radius 3 is 2.80 bits per heavy atom. The molecule has 0 radical (unpaired) electrons. The van der Waals surface area contributed by atoms with Crippen molar-refractivity contribution in [2.75, 3.05) is 5.88 Å². The van der Waals surface area contributed by atoms with Gasteiger partial charge in [-0.15, -0.1) is 11.6 Å². The summed E-state index contributed by atoms with van der Waals surface area (Å²) in [5.74, 6) is 0.127. The minimum Gasteiger partial charge on any atom is -0.348 e. The van der Waals surface area contributed by atoms with Crippen molar-refractivity contribution in [3.63, 3.8) is 0 Å². The van der Waals surface area contributed by atoms with E-state index in [1.54, 1.807) is 13.1 Å². The molecule has 2 atom stereocenters. The number of carbonyl (C=O) groups is 1. The van der Waals surface area contributed by atoms with Crippen molar-refractivity contribution in [2.24, 2.45) is 5.92 Å². The SMILES string of the molecule is CC(CCl)C(=O)NC(C)c1ccccn1. The van der Waals surface area contributed by atoms with Crippen molar-refractivity contribution in [1.82, 2.24) is 10.3 Å². The summed E-state index contributed by atoms with van der Waals surface area (Å²) in [4.78, 5) is 15.7. The van der Waals surface area contributed by atoms with Crippen LogP contribution in [0, 0.1) is 5.92 Å². The van der Waals surface area contributed by atoms with Gasteiger partial charge in [-0.1, -0.05) is 13.0 Å². The number of rotatable bonds is 4. The zero-order valence-electron chi connectivity index (χ0n) is 8.90. The van der Waals surface area contributed by atoms with Crippen LogP contribution in [0.3, 0.4) is 0 Å². The van der Waals surface area contributed by atoms with Gasteiger partial charge in [0.2, 0.25) is 5.91 Å². The molecule has 0 saturated heterocycles. The first-order valence-corrected chi connectivity index (χ1v) is 5.46. The van der Waals surface area contributed by atoms with Crippen molar-refractivity contribution in [1.29, 1.82) is 0 Å². The molecule has 0 aliphatic rings. The van der Waals surface area contributed by atoms with E-state index >= 15 is 0 Å². The third kappa shape index (κ3) is 3.51. The molecule has 1 aromatic rings. The van der Waals surface area contributed by atoms with Crippen LogP contribution in [0.1, 0.15) is 25.6 Å². The van der Waals surface area contributed by atoms with Crippen LogP contribution in [0.15, 0.2) is 24.4 Å². The summed E-state index contributed by atoms with van der Waals surface area (Å²) in [5.41, 5.74) is 0.854. The topological polar surface area (TPSA) is 42.0 Å². The Morgan fingerprint density at radius 1 is 1.53 bits per heavy atom. The fraction of sp³-hybridized carbons (Fsp3) is 0.455. The maximum absolute atomic E-state index is 11.5. The number of halogens is 1. The van der Waals surface area contributed by atoms with E-state index in [-0.39, 0.29) is 17.9 Å². The van der Waals surface area contributed by atoms with Crippen LogP contribution < -0.4 is 5.32 Å². The molecule has 3 nitrogen and oxygen atoms in total. The summed E-state index contributed by atoms with van der Waals surface area (Å²) in [7, 11) is 0. The molecule has 0 aliphatic carbocycles. The molecule has 0 spiro atoms. The van der Waals surface area contributed by atoms with Gasteiger partial charge in [-0.3, -0.25) is 9.78 Å². The van der Waals surface area contributed by atoms with Gasteiger partial charge in [-0.2, -0.15) is 0 Å². The maximum Gasteiger partial charge on any atom is 0.224 e. The van der Waals surface area contributed by atoms with Crippen molar-refractivity contribution < 1.29 is 4.79 Å². The molecule has 0 bridgehead atoms. The molecule has 15 heavy (non-hydrogen) atoms. The van der Waals surface area contributed by atoms with Gasteiger partial charge in [-0.05, 0) is 19.1 Å². The van der Waals surface area contributed by atoms with E-state index in [9.17, 15) is 4.79 Å². The van der Waals surface area contributed by atoms with E-state index in [4.69, 9.17) is 11.6 Å². The van der Waals surface area contributed by atoms with Crippen LogP contribution in [0.2, 0.25) is 0 Å². The Kier molecular flexibility index (Phi) is 4.56. The zero-order chi connectivity index (χ0) is 11.3. The minimum atomic E-state index is -0.169. The Hall–Kier alpha value is -1.09. The molecule has 2 unspecified atom stereocenters. The smallest absolute Gasteiger partial charge is 0.224 e. The van der Waals surface area contributed by atoms with Crippen LogP contribution in [0.25, 0.3) is 0 Å². The lowest BCUT2D eigenvalue weighted by Crippen LogP contribution is -2.32. The van der Waals surface area contributed by atoms with E-state index in [1.807, 2.05) is 25.1 Å². The summed E-state index contributed by atoms with van der Waals surface area (Å²) in [5, 5.41) is 2.86. The third-order valence-electron chi connectivity index (χ3n) is 2.17. The predicted octanol–water partition coefficient (Wildman–Crippen LogP) is 2.13. The molecular weight excluding hydrogens is 212 g/mol. The van der Waals surface area contributed by atoms with E-state index in [0.717, 1.165) is 5.69 Å². The molecule has 0 saturated carbocycles. The number of hydrogen-bond donors (Lipinski definition) is 1. The first-order valence-electron chi connectivity index (χ1n) is 4.92. The maximum atomic E-state index is 11.5. The zero-order valence-corrected chi connectivity index (χ0v) is 9.66. The molecular formula is C11H15ClN2O. The molecule has 82 valence electrons. The quantitative estimate of drug-likeness (QED) is 0.800. The Bertz CT molecular complexity index is 316. The van der Waals surface area contributed by atoms with Crippen LogP contribution >= 0.6 is 11.6 Å². The van der Waals surface area contributed by atoms with E-state index in [1.165, 1.54) is 0 Å². The molecule has 1 N–H and O–H groups in total. The van der Waals surface area contributed by atoms with Crippen LogP contribution in [0.5, 0.6) is 0 Å². The third-order valence-corrected chi connectivity index (χ3v) is 2.63. The normalized spacial score (nSPS) is 14.3. The molecule has 1 rings (SSSR count). The number of nitrogens with zero attached hydrogens (tertiary/aromatic N) is 1. The van der Waals surface area contributed by atoms with Crippen molar-refractivity contribution >= 4 is 17.5 Å². The molecule has 0 fully saturated rings. The fourth-order valence-electron chi connectivity index (χ4n) is 1.13. The highest BCUT2D eigenvalue weighted by atomic mass is 35.5. The van der Waals surface area contributed by atoms with Gasteiger partial charge in [0.1, 0.15) is 0 Å². The fourth-order valence-corrected chi connectivity index (χ4v) is 1.27. The highest BCUT2D eigenvalue weighted by molar-refractivity contribution is 6.19. The lowest BCUT2D eigenvalue weighted by atomic mass is 10.1. The lowest BCUT2D eigenvalue weighted by molar-refractivity contribution is -0.124. The summed E-state index contributed by atoms with van der Waals surface area (Å²) >= 11 is 5.60. The first-order chi connectivity index (χ1) is 7.15. The molecule has 1 amide bonds. The molecule has 1 aromatic heterocycles. The van der Waals surface area contributed by atoms with Crippen molar-refractivity contribution in [3.05, 3.63) is 30.1 Å². The Balaban J connectivity index is 2.56. The van der Waals surface area contributed by atoms with Gasteiger partial charge in [0.15, 0.2) is 0 Å². The number of carbonyl (C=O) groups excluding carboxylic acids is 1. The second-order valence-electron chi connectivity index (χ2n) is 3.54. The van der Waals surface area contributed by atoms with Crippen LogP contribution in [0.4, 0.5) is 0 Å². The predicted molar refractivity (Wildman–Crippen MR) is 60.7 cm³/mol. The average molecular weight is 227 g/mol. The van der Waals surface area contributed by atoms with Crippen LogP contribution in [-0.4, -0.2) is 16.8 Å². The minimum absolute atomic E-state index is 0.0387. The van der Waals surface area contributed by atoms with E-state index in [0.29, 0.717) is 5.88 Å². The lowest BCUT2D eigenvalue weighted by Gasteiger charge is -2.15. The molecule has 4 heteroatoms. The van der Waals surface area contributed by atoms with E-state index in [2.05, 4.69) is 10.3 Å². The Morgan fingerprint density at radius 2 is 2.27 bits per heavy atom. The highest BCUT2D eigenvalue weighted by Gasteiger charge is 2.15. The van der Waals surface area contributed by atoms with Gasteiger partial charge < -0.3 is 5.32 Å². The number of pyridine rings is 1. The van der Waals surface area contributed by atoms with Crippen molar-refractivity contribution in [2.45, 2.75) is 19.9 Å². The second kappa shape index (κ2) is 5.71. The number of amides is 1. The molecule has 0 aliphatic heterocycles. The second-order valence-corrected chi connectivity index (χ2v) is 3.85. The largest absolute Gasteiger partial charge is 0.348 e. The number of hydrogen-bond acceptors (Lipinski definition) is 2. The molecule has 1 heterocycles. The summed E-state index contributed by atoms with van der Waals surface area (Å²) < 4.78 is 0. The monoisotopic (exact) mass is 226 g/mol. The standard InChI is InChI=1S/C11H15ClN2O/c1-8(7-12)11(15)14-9(2)10-5-3-4-6-13-10/h3-6,8-9H,7H2,1-2H3,(H,14,15). The van der Waals surface area contributed by atoms with E-state index < -0.39 is 0 Å². The number of alkyl halides is 1. The Labute approximate surface area is 94.9 Å². The average Bonchev–Trinajstić information content (AvgIpc) is 2.29. The number of aromatic nitrogens is 1.